The van der Waals surface area contributed by atoms with Gasteiger partial charge in [0.2, 0.25) is 0 Å². The van der Waals surface area contributed by atoms with Gasteiger partial charge in [-0.3, -0.25) is 10.1 Å². The Balaban J connectivity index is 2.14. The van der Waals surface area contributed by atoms with E-state index in [1.54, 1.807) is 0 Å². The first-order valence-corrected chi connectivity index (χ1v) is 6.51. The zero-order valence-electron chi connectivity index (χ0n) is 11.4. The van der Waals surface area contributed by atoms with Crippen molar-refractivity contribution in [3.8, 4) is 11.8 Å². The summed E-state index contributed by atoms with van der Waals surface area (Å²) in [6.45, 7) is 0.202. The second-order valence-electron chi connectivity index (χ2n) is 5.01. The lowest BCUT2D eigenvalue weighted by Gasteiger charge is -2.32. The van der Waals surface area contributed by atoms with E-state index in [9.17, 15) is 10.1 Å². The van der Waals surface area contributed by atoms with Crippen LogP contribution >= 0.6 is 0 Å². The van der Waals surface area contributed by atoms with Crippen molar-refractivity contribution >= 4 is 5.69 Å². The van der Waals surface area contributed by atoms with Gasteiger partial charge in [0.1, 0.15) is 12.9 Å². The molecule has 1 heterocycles. The smallest absolute Gasteiger partial charge is 0.392 e. The topological polar surface area (TPSA) is 113 Å². The fourth-order valence-corrected chi connectivity index (χ4v) is 2.37. The van der Waals surface area contributed by atoms with E-state index >= 15 is 0 Å². The van der Waals surface area contributed by atoms with Gasteiger partial charge in [0.25, 0.3) is 0 Å². The van der Waals surface area contributed by atoms with Gasteiger partial charge in [0.15, 0.2) is 0 Å². The molecule has 8 heteroatoms. The van der Waals surface area contributed by atoms with Crippen molar-refractivity contribution in [1.29, 1.82) is 0 Å². The summed E-state index contributed by atoms with van der Waals surface area (Å²) < 4.78 is 10.3. The molecule has 0 unspecified atom stereocenters. The maximum absolute atomic E-state index is 11.1. The molecule has 2 N–H and O–H groups in total. The normalized spacial score (nSPS) is 17.5. The zero-order valence-corrected chi connectivity index (χ0v) is 11.4. The maximum Gasteiger partial charge on any atom is 0.392 e. The van der Waals surface area contributed by atoms with E-state index in [2.05, 4.69) is 9.97 Å². The molecule has 110 valence electrons. The number of nitro groups is 1. The number of methoxy groups -OCH3 is 1. The Bertz CT molecular complexity index is 488. The van der Waals surface area contributed by atoms with Gasteiger partial charge in [-0.25, -0.2) is 0 Å². The molecule has 1 aromatic heterocycles. The molecule has 2 rings (SSSR count). The van der Waals surface area contributed by atoms with Crippen molar-refractivity contribution in [2.24, 2.45) is 5.73 Å². The van der Waals surface area contributed by atoms with Crippen molar-refractivity contribution in [3.05, 3.63) is 16.4 Å². The average Bonchev–Trinajstić information content (AvgIpc) is 2.45. The Morgan fingerprint density at radius 3 is 2.60 bits per heavy atom. The van der Waals surface area contributed by atoms with Crippen LogP contribution in [0, 0.1) is 10.1 Å². The number of rotatable bonds is 5. The van der Waals surface area contributed by atoms with Crippen LogP contribution in [-0.2, 0) is 0 Å². The van der Waals surface area contributed by atoms with Crippen LogP contribution in [0.15, 0.2) is 6.33 Å². The summed E-state index contributed by atoms with van der Waals surface area (Å²) >= 11 is 0. The van der Waals surface area contributed by atoms with E-state index in [0.29, 0.717) is 0 Å². The average molecular weight is 282 g/mol. The van der Waals surface area contributed by atoms with E-state index < -0.39 is 10.5 Å². The van der Waals surface area contributed by atoms with Gasteiger partial charge >= 0.3 is 17.4 Å². The van der Waals surface area contributed by atoms with Crippen LogP contribution in [0.3, 0.4) is 0 Å². The minimum absolute atomic E-state index is 0.0998. The summed E-state index contributed by atoms with van der Waals surface area (Å²) in [6, 6.07) is 0. The molecule has 0 aliphatic heterocycles. The highest BCUT2D eigenvalue weighted by Crippen LogP contribution is 2.33. The molecule has 20 heavy (non-hydrogen) atoms. The van der Waals surface area contributed by atoms with Crippen LogP contribution in [0.25, 0.3) is 0 Å². The van der Waals surface area contributed by atoms with E-state index in [-0.39, 0.29) is 24.1 Å². The lowest BCUT2D eigenvalue weighted by molar-refractivity contribution is -0.387. The molecule has 0 radical (unpaired) electrons. The third-order valence-corrected chi connectivity index (χ3v) is 3.48. The van der Waals surface area contributed by atoms with Gasteiger partial charge in [0, 0.05) is 0 Å². The molecule has 1 aromatic rings. The van der Waals surface area contributed by atoms with Gasteiger partial charge in [-0.2, -0.15) is 9.97 Å². The molecule has 1 fully saturated rings. The number of aromatic nitrogens is 2. The molecule has 0 spiro atoms. The Hall–Kier alpha value is -1.96. The lowest BCUT2D eigenvalue weighted by atomic mass is 9.83. The lowest BCUT2D eigenvalue weighted by Crippen LogP contribution is -2.47. The fraction of sp³-hybridized carbons (Fsp3) is 0.667. The van der Waals surface area contributed by atoms with E-state index in [4.69, 9.17) is 15.2 Å². The Morgan fingerprint density at radius 2 is 2.00 bits per heavy atom. The standard InChI is InChI=1S/C12H18N4O4/c1-19-10-9(16(17)18)11(15-8-14-10)20-7-12(13)5-3-2-4-6-12/h8H,2-7,13H2,1H3. The molecular formula is C12H18N4O4. The Kier molecular flexibility index (Phi) is 4.33. The first kappa shape index (κ1) is 14.4. The van der Waals surface area contributed by atoms with Crippen molar-refractivity contribution < 1.29 is 14.4 Å². The molecule has 0 amide bonds. The summed E-state index contributed by atoms with van der Waals surface area (Å²) in [5, 5.41) is 11.1. The molecule has 1 saturated carbocycles. The number of nitrogens with two attached hydrogens (primary N) is 1. The van der Waals surface area contributed by atoms with E-state index in [1.807, 2.05) is 0 Å². The monoisotopic (exact) mass is 282 g/mol. The van der Waals surface area contributed by atoms with E-state index in [1.165, 1.54) is 19.9 Å². The van der Waals surface area contributed by atoms with Gasteiger partial charge in [-0.15, -0.1) is 0 Å². The number of hydrogen-bond acceptors (Lipinski definition) is 7. The molecule has 0 saturated heterocycles. The number of hydrogen-bond donors (Lipinski definition) is 1. The second kappa shape index (κ2) is 6.00. The highest BCUT2D eigenvalue weighted by atomic mass is 16.6. The Morgan fingerprint density at radius 1 is 1.35 bits per heavy atom. The first-order chi connectivity index (χ1) is 9.56. The second-order valence-corrected chi connectivity index (χ2v) is 5.01. The van der Waals surface area contributed by atoms with Crippen LogP contribution in [0.1, 0.15) is 32.1 Å². The third-order valence-electron chi connectivity index (χ3n) is 3.48. The summed E-state index contributed by atoms with van der Waals surface area (Å²) in [6.07, 6.45) is 6.14. The first-order valence-electron chi connectivity index (χ1n) is 6.51. The number of ether oxygens (including phenoxy) is 2. The highest BCUT2D eigenvalue weighted by Gasteiger charge is 2.31. The molecule has 0 aromatic carbocycles. The minimum Gasteiger partial charge on any atom is -0.476 e. The number of nitrogens with zero attached hydrogens (tertiary/aromatic N) is 3. The largest absolute Gasteiger partial charge is 0.476 e. The third kappa shape index (κ3) is 3.13. The molecule has 1 aliphatic rings. The van der Waals surface area contributed by atoms with Crippen molar-refractivity contribution in [2.75, 3.05) is 13.7 Å². The quantitative estimate of drug-likeness (QED) is 0.641. The van der Waals surface area contributed by atoms with Gasteiger partial charge in [-0.1, -0.05) is 19.3 Å². The molecule has 0 bridgehead atoms. The predicted molar refractivity (Wildman–Crippen MR) is 70.7 cm³/mol. The predicted octanol–water partition coefficient (Wildman–Crippen LogP) is 1.43. The molecule has 0 atom stereocenters. The summed E-state index contributed by atoms with van der Waals surface area (Å²) in [5.74, 6) is -0.216. The van der Waals surface area contributed by atoms with Crippen molar-refractivity contribution in [2.45, 2.75) is 37.6 Å². The maximum atomic E-state index is 11.1. The van der Waals surface area contributed by atoms with Crippen LogP contribution < -0.4 is 15.2 Å². The molecular weight excluding hydrogens is 264 g/mol. The van der Waals surface area contributed by atoms with Crippen LogP contribution in [0.5, 0.6) is 11.8 Å². The zero-order chi connectivity index (χ0) is 14.6. The summed E-state index contributed by atoms with van der Waals surface area (Å²) in [5.41, 5.74) is 5.43. The van der Waals surface area contributed by atoms with Crippen molar-refractivity contribution in [3.63, 3.8) is 0 Å². The van der Waals surface area contributed by atoms with Gasteiger partial charge < -0.3 is 15.2 Å². The summed E-state index contributed by atoms with van der Waals surface area (Å²) in [7, 11) is 1.31. The van der Waals surface area contributed by atoms with E-state index in [0.717, 1.165) is 25.7 Å². The van der Waals surface area contributed by atoms with Crippen molar-refractivity contribution in [1.82, 2.24) is 9.97 Å². The Labute approximate surface area is 116 Å². The van der Waals surface area contributed by atoms with Gasteiger partial charge in [0.05, 0.1) is 17.6 Å². The molecule has 1 aliphatic carbocycles. The van der Waals surface area contributed by atoms with Crippen LogP contribution in [0.4, 0.5) is 5.69 Å². The van der Waals surface area contributed by atoms with Crippen LogP contribution in [0.2, 0.25) is 0 Å². The molecule has 8 nitrogen and oxygen atoms in total. The van der Waals surface area contributed by atoms with Crippen LogP contribution in [-0.4, -0.2) is 34.1 Å². The summed E-state index contributed by atoms with van der Waals surface area (Å²) in [4.78, 5) is 18.0. The SMILES string of the molecule is COc1ncnc(OCC2(N)CCCCC2)c1[N+](=O)[O-]. The van der Waals surface area contributed by atoms with Gasteiger partial charge in [-0.05, 0) is 12.8 Å². The highest BCUT2D eigenvalue weighted by molar-refractivity contribution is 5.49. The fourth-order valence-electron chi connectivity index (χ4n) is 2.37. The minimum atomic E-state index is -0.613.